The molecular formula is C23H24ClN5O. The number of halogens is 1. The van der Waals surface area contributed by atoms with Crippen molar-refractivity contribution in [2.75, 3.05) is 18.8 Å². The minimum Gasteiger partial charge on any atom is -0.368 e. The van der Waals surface area contributed by atoms with Crippen LogP contribution in [0.2, 0.25) is 5.02 Å². The van der Waals surface area contributed by atoms with E-state index in [4.69, 9.17) is 23.1 Å². The van der Waals surface area contributed by atoms with Crippen LogP contribution in [0, 0.1) is 0 Å². The van der Waals surface area contributed by atoms with E-state index in [-0.39, 0.29) is 11.9 Å². The Balaban J connectivity index is 1.61. The molecule has 0 saturated carbocycles. The lowest BCUT2D eigenvalue weighted by atomic mass is 9.89. The van der Waals surface area contributed by atoms with Crippen molar-refractivity contribution in [2.45, 2.75) is 25.3 Å². The van der Waals surface area contributed by atoms with Crippen LogP contribution >= 0.6 is 11.6 Å². The summed E-state index contributed by atoms with van der Waals surface area (Å²) in [5.74, 6) is 0.0276. The largest absolute Gasteiger partial charge is 0.368 e. The predicted molar refractivity (Wildman–Crippen MR) is 119 cm³/mol. The second-order valence-corrected chi connectivity index (χ2v) is 8.11. The highest BCUT2D eigenvalue weighted by Crippen LogP contribution is 2.34. The first-order chi connectivity index (χ1) is 14.5. The van der Waals surface area contributed by atoms with Crippen molar-refractivity contribution in [2.24, 2.45) is 5.73 Å². The van der Waals surface area contributed by atoms with Gasteiger partial charge in [0.1, 0.15) is 0 Å². The first-order valence-electron chi connectivity index (χ1n) is 9.99. The van der Waals surface area contributed by atoms with E-state index in [9.17, 15) is 4.79 Å². The number of benzene rings is 2. The maximum absolute atomic E-state index is 11.6. The molecule has 3 aromatic rings. The second-order valence-electron chi connectivity index (χ2n) is 7.67. The number of hydrogen-bond acceptors (Lipinski definition) is 5. The Kier molecular flexibility index (Phi) is 5.97. The number of piperidine rings is 1. The van der Waals surface area contributed by atoms with Crippen LogP contribution in [0.25, 0.3) is 11.1 Å². The summed E-state index contributed by atoms with van der Waals surface area (Å²) in [4.78, 5) is 22.9. The van der Waals surface area contributed by atoms with Gasteiger partial charge in [0, 0.05) is 41.4 Å². The maximum Gasteiger partial charge on any atom is 0.248 e. The van der Waals surface area contributed by atoms with E-state index in [2.05, 4.69) is 27.0 Å². The highest BCUT2D eigenvalue weighted by Gasteiger charge is 2.26. The summed E-state index contributed by atoms with van der Waals surface area (Å²) in [5, 5.41) is 0.745. The summed E-state index contributed by atoms with van der Waals surface area (Å²) in [6.07, 6.45) is 3.84. The Labute approximate surface area is 180 Å². The lowest BCUT2D eigenvalue weighted by Gasteiger charge is -2.33. The van der Waals surface area contributed by atoms with Crippen molar-refractivity contribution in [3.05, 3.63) is 76.6 Å². The van der Waals surface area contributed by atoms with Crippen molar-refractivity contribution in [1.29, 1.82) is 0 Å². The quantitative estimate of drug-likeness (QED) is 0.651. The number of carbonyl (C=O) groups excluding carboxylic acids is 1. The van der Waals surface area contributed by atoms with Gasteiger partial charge in [-0.25, -0.2) is 9.97 Å². The molecule has 30 heavy (non-hydrogen) atoms. The molecule has 1 unspecified atom stereocenters. The van der Waals surface area contributed by atoms with Crippen LogP contribution in [-0.4, -0.2) is 33.9 Å². The van der Waals surface area contributed by atoms with E-state index in [0.717, 1.165) is 54.3 Å². The number of anilines is 1. The SMILES string of the molecule is NC(=O)c1cccc(-c2cnc(N)nc2C2CCCN(Cc3ccc(Cl)cc3)C2)c1. The van der Waals surface area contributed by atoms with Crippen molar-refractivity contribution in [3.63, 3.8) is 0 Å². The Hall–Kier alpha value is -2.96. The normalized spacial score (nSPS) is 17.0. The zero-order valence-corrected chi connectivity index (χ0v) is 17.3. The summed E-state index contributed by atoms with van der Waals surface area (Å²) >= 11 is 6.01. The van der Waals surface area contributed by atoms with E-state index in [1.165, 1.54) is 5.56 Å². The predicted octanol–water partition coefficient (Wildman–Crippen LogP) is 3.86. The van der Waals surface area contributed by atoms with Gasteiger partial charge in [0.2, 0.25) is 11.9 Å². The lowest BCUT2D eigenvalue weighted by Crippen LogP contribution is -2.34. The fourth-order valence-corrected chi connectivity index (χ4v) is 4.18. The minimum absolute atomic E-state index is 0.226. The summed E-state index contributed by atoms with van der Waals surface area (Å²) in [6.45, 7) is 2.77. The van der Waals surface area contributed by atoms with Gasteiger partial charge in [-0.2, -0.15) is 0 Å². The first kappa shape index (κ1) is 20.3. The molecule has 0 aliphatic carbocycles. The molecule has 1 amide bonds. The Morgan fingerprint density at radius 2 is 2.00 bits per heavy atom. The van der Waals surface area contributed by atoms with Crippen LogP contribution in [-0.2, 0) is 6.54 Å². The van der Waals surface area contributed by atoms with Crippen molar-refractivity contribution >= 4 is 23.5 Å². The third kappa shape index (κ3) is 4.61. The standard InChI is InChI=1S/C23H24ClN5O/c24-19-8-6-15(7-9-19)13-29-10-2-5-18(14-29)21-20(12-27-23(26)28-21)16-3-1-4-17(11-16)22(25)30/h1,3-4,6-9,11-12,18H,2,5,10,13-14H2,(H2,25,30)(H2,26,27,28). The second kappa shape index (κ2) is 8.81. The van der Waals surface area contributed by atoms with E-state index >= 15 is 0 Å². The molecule has 1 fully saturated rings. The molecule has 0 bridgehead atoms. The van der Waals surface area contributed by atoms with Gasteiger partial charge in [-0.05, 0) is 54.8 Å². The van der Waals surface area contributed by atoms with Gasteiger partial charge in [0.05, 0.1) is 5.69 Å². The first-order valence-corrected chi connectivity index (χ1v) is 10.4. The van der Waals surface area contributed by atoms with Gasteiger partial charge in [0.15, 0.2) is 0 Å². The van der Waals surface area contributed by atoms with Gasteiger partial charge >= 0.3 is 0 Å². The third-order valence-corrected chi connectivity index (χ3v) is 5.76. The summed E-state index contributed by atoms with van der Waals surface area (Å²) in [6, 6.07) is 15.2. The van der Waals surface area contributed by atoms with E-state index < -0.39 is 5.91 Å². The molecule has 4 N–H and O–H groups in total. The van der Waals surface area contributed by atoms with E-state index in [1.54, 1.807) is 18.3 Å². The molecule has 6 nitrogen and oxygen atoms in total. The van der Waals surface area contributed by atoms with Crippen molar-refractivity contribution in [1.82, 2.24) is 14.9 Å². The monoisotopic (exact) mass is 421 g/mol. The van der Waals surface area contributed by atoms with Crippen LogP contribution in [0.4, 0.5) is 5.95 Å². The zero-order valence-electron chi connectivity index (χ0n) is 16.6. The van der Waals surface area contributed by atoms with Crippen LogP contribution in [0.15, 0.2) is 54.7 Å². The van der Waals surface area contributed by atoms with Gasteiger partial charge < -0.3 is 11.5 Å². The minimum atomic E-state index is -0.457. The molecule has 0 radical (unpaired) electrons. The highest BCUT2D eigenvalue weighted by molar-refractivity contribution is 6.30. The van der Waals surface area contributed by atoms with Crippen LogP contribution in [0.1, 0.15) is 40.4 Å². The number of primary amides is 1. The molecule has 1 aliphatic heterocycles. The number of hydrogen-bond donors (Lipinski definition) is 2. The van der Waals surface area contributed by atoms with E-state index in [1.807, 2.05) is 24.3 Å². The number of likely N-dealkylation sites (tertiary alicyclic amines) is 1. The Morgan fingerprint density at radius 3 is 2.77 bits per heavy atom. The highest BCUT2D eigenvalue weighted by atomic mass is 35.5. The molecule has 1 aliphatic rings. The molecule has 1 atom stereocenters. The number of amides is 1. The molecular weight excluding hydrogens is 398 g/mol. The van der Waals surface area contributed by atoms with Crippen molar-refractivity contribution < 1.29 is 4.79 Å². The molecule has 7 heteroatoms. The molecule has 4 rings (SSSR count). The molecule has 154 valence electrons. The molecule has 1 aromatic heterocycles. The lowest BCUT2D eigenvalue weighted by molar-refractivity contribution is 0.100. The van der Waals surface area contributed by atoms with Gasteiger partial charge in [0.25, 0.3) is 0 Å². The van der Waals surface area contributed by atoms with Gasteiger partial charge in [-0.3, -0.25) is 9.69 Å². The average Bonchev–Trinajstić information content (AvgIpc) is 2.75. The van der Waals surface area contributed by atoms with Gasteiger partial charge in [-0.1, -0.05) is 35.9 Å². The summed E-state index contributed by atoms with van der Waals surface area (Å²) in [7, 11) is 0. The Morgan fingerprint density at radius 1 is 1.20 bits per heavy atom. The molecule has 2 aromatic carbocycles. The third-order valence-electron chi connectivity index (χ3n) is 5.51. The van der Waals surface area contributed by atoms with Crippen LogP contribution < -0.4 is 11.5 Å². The maximum atomic E-state index is 11.6. The summed E-state index contributed by atoms with van der Waals surface area (Å²) in [5.41, 5.74) is 15.8. The number of nitrogens with two attached hydrogens (primary N) is 2. The molecule has 1 saturated heterocycles. The average molecular weight is 422 g/mol. The number of rotatable bonds is 5. The number of nitrogens with zero attached hydrogens (tertiary/aromatic N) is 3. The number of aromatic nitrogens is 2. The number of carbonyl (C=O) groups is 1. The zero-order chi connectivity index (χ0) is 21.1. The fraction of sp³-hybridized carbons (Fsp3) is 0.261. The smallest absolute Gasteiger partial charge is 0.248 e. The van der Waals surface area contributed by atoms with Gasteiger partial charge in [-0.15, -0.1) is 0 Å². The van der Waals surface area contributed by atoms with E-state index in [0.29, 0.717) is 5.56 Å². The molecule has 2 heterocycles. The Bertz CT molecular complexity index is 1050. The van der Waals surface area contributed by atoms with Crippen LogP contribution in [0.3, 0.4) is 0 Å². The topological polar surface area (TPSA) is 98.1 Å². The fourth-order valence-electron chi connectivity index (χ4n) is 4.05. The number of nitrogen functional groups attached to an aromatic ring is 1. The van der Waals surface area contributed by atoms with Crippen LogP contribution in [0.5, 0.6) is 0 Å². The summed E-state index contributed by atoms with van der Waals surface area (Å²) < 4.78 is 0. The molecule has 0 spiro atoms. The van der Waals surface area contributed by atoms with Crippen molar-refractivity contribution in [3.8, 4) is 11.1 Å².